The molecule has 2 aromatic rings. The van der Waals surface area contributed by atoms with Crippen LogP contribution in [0.15, 0.2) is 47.1 Å². The lowest BCUT2D eigenvalue weighted by Gasteiger charge is -2.06. The maximum absolute atomic E-state index is 5.79. The second-order valence-corrected chi connectivity index (χ2v) is 4.51. The maximum atomic E-state index is 5.79. The van der Waals surface area contributed by atoms with E-state index in [1.54, 1.807) is 12.3 Å². The van der Waals surface area contributed by atoms with Crippen molar-refractivity contribution in [2.45, 2.75) is 20.5 Å². The minimum Gasteiger partial charge on any atom is -0.472 e. The van der Waals surface area contributed by atoms with E-state index in [0.29, 0.717) is 17.5 Å². The lowest BCUT2D eigenvalue weighted by atomic mass is 10.2. The molecule has 0 amide bonds. The number of aromatic nitrogens is 1. The smallest absolute Gasteiger partial charge is 0.228 e. The molecule has 0 spiro atoms. The SMILES string of the molecule is CC.Clc1cnc(OCc2ccccc2)c(Br)c1. The summed E-state index contributed by atoms with van der Waals surface area (Å²) in [4.78, 5) is 4.09. The van der Waals surface area contributed by atoms with Crippen molar-refractivity contribution in [3.8, 4) is 5.88 Å². The zero-order chi connectivity index (χ0) is 13.4. The second kappa shape index (κ2) is 8.11. The van der Waals surface area contributed by atoms with Crippen LogP contribution in [-0.4, -0.2) is 4.98 Å². The van der Waals surface area contributed by atoms with Crippen molar-refractivity contribution in [2.75, 3.05) is 0 Å². The molecule has 0 unspecified atom stereocenters. The van der Waals surface area contributed by atoms with Gasteiger partial charge in [0.15, 0.2) is 0 Å². The van der Waals surface area contributed by atoms with Gasteiger partial charge in [0.1, 0.15) is 6.61 Å². The van der Waals surface area contributed by atoms with E-state index in [4.69, 9.17) is 16.3 Å². The minimum atomic E-state index is 0.494. The molecule has 96 valence electrons. The quantitative estimate of drug-likeness (QED) is 0.781. The summed E-state index contributed by atoms with van der Waals surface area (Å²) in [6, 6.07) is 11.7. The van der Waals surface area contributed by atoms with Crippen LogP contribution in [0.1, 0.15) is 19.4 Å². The van der Waals surface area contributed by atoms with Crippen molar-refractivity contribution in [1.82, 2.24) is 4.98 Å². The molecule has 0 N–H and O–H groups in total. The third-order valence-electron chi connectivity index (χ3n) is 1.99. The number of benzene rings is 1. The Morgan fingerprint density at radius 1 is 1.22 bits per heavy atom. The van der Waals surface area contributed by atoms with Crippen molar-refractivity contribution >= 4 is 27.5 Å². The van der Waals surface area contributed by atoms with Gasteiger partial charge in [-0.15, -0.1) is 0 Å². The molecule has 1 heterocycles. The molecule has 0 radical (unpaired) electrons. The Hall–Kier alpha value is -1.06. The predicted octanol–water partition coefficient (Wildman–Crippen LogP) is 5.10. The van der Waals surface area contributed by atoms with Gasteiger partial charge in [-0.05, 0) is 27.6 Å². The molecule has 2 nitrogen and oxygen atoms in total. The van der Waals surface area contributed by atoms with E-state index >= 15 is 0 Å². The van der Waals surface area contributed by atoms with E-state index in [9.17, 15) is 0 Å². The first kappa shape index (κ1) is 15.0. The molecule has 2 rings (SSSR count). The van der Waals surface area contributed by atoms with Crippen LogP contribution >= 0.6 is 27.5 Å². The van der Waals surface area contributed by atoms with Gasteiger partial charge in [0.05, 0.1) is 9.50 Å². The molecule has 0 aliphatic rings. The molecule has 0 atom stereocenters. The molecule has 0 aliphatic carbocycles. The van der Waals surface area contributed by atoms with Gasteiger partial charge in [0.25, 0.3) is 0 Å². The van der Waals surface area contributed by atoms with E-state index in [1.165, 1.54) is 0 Å². The zero-order valence-electron chi connectivity index (χ0n) is 10.4. The standard InChI is InChI=1S/C12H9BrClNO.C2H6/c13-11-6-10(14)7-15-12(11)16-8-9-4-2-1-3-5-9;1-2/h1-7H,8H2;1-2H3. The van der Waals surface area contributed by atoms with Gasteiger partial charge in [-0.2, -0.15) is 0 Å². The van der Waals surface area contributed by atoms with Crippen molar-refractivity contribution in [3.63, 3.8) is 0 Å². The topological polar surface area (TPSA) is 22.1 Å². The van der Waals surface area contributed by atoms with E-state index in [-0.39, 0.29) is 0 Å². The first-order valence-electron chi connectivity index (χ1n) is 5.73. The van der Waals surface area contributed by atoms with Crippen molar-refractivity contribution in [3.05, 3.63) is 57.7 Å². The highest BCUT2D eigenvalue weighted by atomic mass is 79.9. The molecular weight excluding hydrogens is 314 g/mol. The fourth-order valence-corrected chi connectivity index (χ4v) is 1.99. The van der Waals surface area contributed by atoms with Gasteiger partial charge in [-0.25, -0.2) is 4.98 Å². The van der Waals surface area contributed by atoms with Crippen molar-refractivity contribution in [2.24, 2.45) is 0 Å². The van der Waals surface area contributed by atoms with E-state index < -0.39 is 0 Å². The number of rotatable bonds is 3. The molecule has 4 heteroatoms. The molecule has 1 aromatic heterocycles. The van der Waals surface area contributed by atoms with Crippen LogP contribution in [0, 0.1) is 0 Å². The number of pyridine rings is 1. The molecule has 18 heavy (non-hydrogen) atoms. The lowest BCUT2D eigenvalue weighted by molar-refractivity contribution is 0.292. The van der Waals surface area contributed by atoms with E-state index in [2.05, 4.69) is 20.9 Å². The minimum absolute atomic E-state index is 0.494. The van der Waals surface area contributed by atoms with Crippen LogP contribution in [0.3, 0.4) is 0 Å². The van der Waals surface area contributed by atoms with Gasteiger partial charge in [-0.3, -0.25) is 0 Å². The summed E-state index contributed by atoms with van der Waals surface area (Å²) in [5.41, 5.74) is 1.10. The van der Waals surface area contributed by atoms with Crippen LogP contribution in [0.4, 0.5) is 0 Å². The largest absolute Gasteiger partial charge is 0.472 e. The monoisotopic (exact) mass is 327 g/mol. The Bertz CT molecular complexity index is 476. The van der Waals surface area contributed by atoms with Gasteiger partial charge >= 0.3 is 0 Å². The summed E-state index contributed by atoms with van der Waals surface area (Å²) in [6.07, 6.45) is 1.56. The molecule has 0 bridgehead atoms. The van der Waals surface area contributed by atoms with Crippen LogP contribution in [0.2, 0.25) is 5.02 Å². The lowest BCUT2D eigenvalue weighted by Crippen LogP contribution is -1.97. The summed E-state index contributed by atoms with van der Waals surface area (Å²) in [5, 5.41) is 0.582. The van der Waals surface area contributed by atoms with Gasteiger partial charge < -0.3 is 4.74 Å². The van der Waals surface area contributed by atoms with Crippen molar-refractivity contribution in [1.29, 1.82) is 0 Å². The summed E-state index contributed by atoms with van der Waals surface area (Å²) >= 11 is 9.13. The Balaban J connectivity index is 0.000000771. The first-order valence-corrected chi connectivity index (χ1v) is 6.90. The van der Waals surface area contributed by atoms with Gasteiger partial charge in [-0.1, -0.05) is 55.8 Å². The summed E-state index contributed by atoms with van der Waals surface area (Å²) in [5.74, 6) is 0.549. The van der Waals surface area contributed by atoms with E-state index in [1.807, 2.05) is 44.2 Å². The molecule has 0 saturated carbocycles. The molecule has 0 fully saturated rings. The number of halogens is 2. The maximum Gasteiger partial charge on any atom is 0.228 e. The Morgan fingerprint density at radius 2 is 1.89 bits per heavy atom. The van der Waals surface area contributed by atoms with Crippen molar-refractivity contribution < 1.29 is 4.74 Å². The first-order chi connectivity index (χ1) is 8.75. The third kappa shape index (κ3) is 4.67. The molecular formula is C14H15BrClNO. The normalized spacial score (nSPS) is 9.33. The molecule has 1 aromatic carbocycles. The highest BCUT2D eigenvalue weighted by Crippen LogP contribution is 2.25. The fourth-order valence-electron chi connectivity index (χ4n) is 1.23. The predicted molar refractivity (Wildman–Crippen MR) is 79.1 cm³/mol. The van der Waals surface area contributed by atoms with Crippen LogP contribution in [0.25, 0.3) is 0 Å². The Kier molecular flexibility index (Phi) is 6.76. The number of nitrogens with zero attached hydrogens (tertiary/aromatic N) is 1. The molecule has 0 aliphatic heterocycles. The van der Waals surface area contributed by atoms with Gasteiger partial charge in [0, 0.05) is 6.20 Å². The number of ether oxygens (including phenoxy) is 1. The summed E-state index contributed by atoms with van der Waals surface area (Å²) in [6.45, 7) is 4.49. The fraction of sp³-hybridized carbons (Fsp3) is 0.214. The van der Waals surface area contributed by atoms with Crippen LogP contribution in [-0.2, 0) is 6.61 Å². The zero-order valence-corrected chi connectivity index (χ0v) is 12.7. The highest BCUT2D eigenvalue weighted by molar-refractivity contribution is 9.10. The average Bonchev–Trinajstić information content (AvgIpc) is 2.41. The van der Waals surface area contributed by atoms with Crippen LogP contribution in [0.5, 0.6) is 5.88 Å². The average molecular weight is 329 g/mol. The third-order valence-corrected chi connectivity index (χ3v) is 2.77. The summed E-state index contributed by atoms with van der Waals surface area (Å²) < 4.78 is 6.32. The summed E-state index contributed by atoms with van der Waals surface area (Å²) in [7, 11) is 0. The van der Waals surface area contributed by atoms with Crippen LogP contribution < -0.4 is 4.74 Å². The van der Waals surface area contributed by atoms with E-state index in [0.717, 1.165) is 10.0 Å². The Morgan fingerprint density at radius 3 is 2.50 bits per heavy atom. The Labute approximate surface area is 121 Å². The second-order valence-electron chi connectivity index (χ2n) is 3.21. The van der Waals surface area contributed by atoms with Gasteiger partial charge in [0.2, 0.25) is 5.88 Å². The highest BCUT2D eigenvalue weighted by Gasteiger charge is 2.03. The number of hydrogen-bond acceptors (Lipinski definition) is 2. The molecule has 0 saturated heterocycles. The number of hydrogen-bond donors (Lipinski definition) is 0.